The molecular weight excluding hydrogens is 208 g/mol. The highest BCUT2D eigenvalue weighted by atomic mass is 35.5. The molecule has 0 aliphatic heterocycles. The zero-order chi connectivity index (χ0) is 9.84. The predicted octanol–water partition coefficient (Wildman–Crippen LogP) is 1.62. The molecule has 0 unspecified atom stereocenters. The number of aliphatic carboxylic acids is 1. The molecule has 4 nitrogen and oxygen atoms in total. The van der Waals surface area contributed by atoms with E-state index in [9.17, 15) is 4.79 Å². The van der Waals surface area contributed by atoms with Crippen molar-refractivity contribution in [2.45, 2.75) is 0 Å². The molecule has 0 heterocycles. The molecule has 3 N–H and O–H groups in total. The first-order chi connectivity index (χ1) is 6.09. The molecule has 0 saturated heterocycles. The van der Waals surface area contributed by atoms with Crippen LogP contribution in [-0.2, 0) is 4.79 Å². The van der Waals surface area contributed by atoms with Crippen molar-refractivity contribution in [3.63, 3.8) is 0 Å². The van der Waals surface area contributed by atoms with Crippen LogP contribution in [0.5, 0.6) is 11.5 Å². The molecule has 0 radical (unpaired) electrons. The molecular formula is C9H9ClO4. The van der Waals surface area contributed by atoms with E-state index in [0.29, 0.717) is 5.56 Å². The third-order valence-corrected chi connectivity index (χ3v) is 1.42. The summed E-state index contributed by atoms with van der Waals surface area (Å²) in [7, 11) is 0. The van der Waals surface area contributed by atoms with Crippen LogP contribution in [-0.4, -0.2) is 21.3 Å². The third kappa shape index (κ3) is 3.37. The molecule has 0 saturated carbocycles. The van der Waals surface area contributed by atoms with E-state index in [1.165, 1.54) is 24.3 Å². The number of carboxylic acid groups (broad SMARTS) is 1. The maximum absolute atomic E-state index is 10.1. The number of benzene rings is 1. The Kier molecular flexibility index (Phi) is 4.52. The van der Waals surface area contributed by atoms with Crippen molar-refractivity contribution in [3.05, 3.63) is 29.8 Å². The quantitative estimate of drug-likeness (QED) is 0.519. The Morgan fingerprint density at radius 2 is 1.86 bits per heavy atom. The largest absolute Gasteiger partial charge is 0.504 e. The second-order valence-corrected chi connectivity index (χ2v) is 2.42. The summed E-state index contributed by atoms with van der Waals surface area (Å²) >= 11 is 0. The summed E-state index contributed by atoms with van der Waals surface area (Å²) in [4.78, 5) is 10.1. The molecule has 14 heavy (non-hydrogen) atoms. The van der Waals surface area contributed by atoms with Gasteiger partial charge in [0.15, 0.2) is 11.5 Å². The number of phenols is 2. The van der Waals surface area contributed by atoms with Gasteiger partial charge in [-0.15, -0.1) is 12.4 Å². The van der Waals surface area contributed by atoms with Crippen molar-refractivity contribution in [2.24, 2.45) is 0 Å². The first-order valence-corrected chi connectivity index (χ1v) is 3.52. The van der Waals surface area contributed by atoms with Crippen LogP contribution in [0.4, 0.5) is 0 Å². The number of carboxylic acids is 1. The summed E-state index contributed by atoms with van der Waals surface area (Å²) in [6, 6.07) is 4.06. The van der Waals surface area contributed by atoms with Gasteiger partial charge in [0.25, 0.3) is 0 Å². The number of carbonyl (C=O) groups is 1. The van der Waals surface area contributed by atoms with Crippen molar-refractivity contribution in [3.8, 4) is 11.5 Å². The number of phenolic OH excluding ortho intramolecular Hbond substituents is 2. The zero-order valence-corrected chi connectivity index (χ0v) is 7.86. The highest BCUT2D eigenvalue weighted by molar-refractivity contribution is 5.85. The van der Waals surface area contributed by atoms with Crippen LogP contribution >= 0.6 is 12.4 Å². The van der Waals surface area contributed by atoms with Crippen molar-refractivity contribution < 1.29 is 20.1 Å². The van der Waals surface area contributed by atoms with Gasteiger partial charge in [-0.3, -0.25) is 0 Å². The first kappa shape index (κ1) is 12.3. The maximum atomic E-state index is 10.1. The van der Waals surface area contributed by atoms with Gasteiger partial charge in [-0.2, -0.15) is 0 Å². The molecule has 0 atom stereocenters. The van der Waals surface area contributed by atoms with Crippen molar-refractivity contribution in [1.82, 2.24) is 0 Å². The van der Waals surface area contributed by atoms with Gasteiger partial charge >= 0.3 is 5.97 Å². The predicted molar refractivity (Wildman–Crippen MR) is 53.7 cm³/mol. The summed E-state index contributed by atoms with van der Waals surface area (Å²) in [5.41, 5.74) is 0.512. The third-order valence-electron chi connectivity index (χ3n) is 1.42. The fraction of sp³-hybridized carbons (Fsp3) is 0. The Hall–Kier alpha value is -1.68. The summed E-state index contributed by atoms with van der Waals surface area (Å²) in [6.45, 7) is 0. The normalized spacial score (nSPS) is 9.71. The molecule has 0 fully saturated rings. The zero-order valence-electron chi connectivity index (χ0n) is 7.04. The van der Waals surface area contributed by atoms with Crippen LogP contribution in [0.2, 0.25) is 0 Å². The standard InChI is InChI=1S/C9H8O4.ClH/c10-7-3-1-6(5-8(7)11)2-4-9(12)13;/h1-5,10-11H,(H,12,13);1H/b4-2+;. The number of rotatable bonds is 2. The molecule has 1 aromatic carbocycles. The monoisotopic (exact) mass is 216 g/mol. The Labute approximate surface area is 86.5 Å². The van der Waals surface area contributed by atoms with Gasteiger partial charge in [0.2, 0.25) is 0 Å². The highest BCUT2D eigenvalue weighted by Gasteiger charge is 1.97. The van der Waals surface area contributed by atoms with Crippen molar-refractivity contribution in [1.29, 1.82) is 0 Å². The SMILES string of the molecule is Cl.O=C(O)/C=C/c1ccc(O)c(O)c1. The molecule has 1 rings (SSSR count). The van der Waals surface area contributed by atoms with Gasteiger partial charge in [-0.1, -0.05) is 6.07 Å². The lowest BCUT2D eigenvalue weighted by molar-refractivity contribution is -0.131. The number of hydrogen-bond donors (Lipinski definition) is 3. The molecule has 0 aliphatic carbocycles. The van der Waals surface area contributed by atoms with Crippen molar-refractivity contribution in [2.75, 3.05) is 0 Å². The van der Waals surface area contributed by atoms with E-state index in [-0.39, 0.29) is 23.9 Å². The molecule has 1 aromatic rings. The summed E-state index contributed by atoms with van der Waals surface area (Å²) in [5.74, 6) is -1.56. The Morgan fingerprint density at radius 3 is 2.36 bits per heavy atom. The van der Waals surface area contributed by atoms with Crippen LogP contribution in [0.1, 0.15) is 5.56 Å². The van der Waals surface area contributed by atoms with E-state index in [4.69, 9.17) is 15.3 Å². The molecule has 76 valence electrons. The Bertz CT molecular complexity index is 360. The lowest BCUT2D eigenvalue weighted by Gasteiger charge is -1.97. The molecule has 0 aliphatic rings. The van der Waals surface area contributed by atoms with Crippen LogP contribution < -0.4 is 0 Å². The van der Waals surface area contributed by atoms with Crippen molar-refractivity contribution >= 4 is 24.5 Å². The van der Waals surface area contributed by atoms with Crippen LogP contribution in [0.3, 0.4) is 0 Å². The minimum atomic E-state index is -1.06. The highest BCUT2D eigenvalue weighted by Crippen LogP contribution is 2.25. The van der Waals surface area contributed by atoms with Gasteiger partial charge < -0.3 is 15.3 Å². The second-order valence-electron chi connectivity index (χ2n) is 2.42. The minimum Gasteiger partial charge on any atom is -0.504 e. The number of aromatic hydroxyl groups is 2. The van der Waals surface area contributed by atoms with Gasteiger partial charge in [-0.25, -0.2) is 4.79 Å². The summed E-state index contributed by atoms with van der Waals surface area (Å²) < 4.78 is 0. The lowest BCUT2D eigenvalue weighted by atomic mass is 10.2. The van der Waals surface area contributed by atoms with E-state index in [1.54, 1.807) is 0 Å². The molecule has 0 bridgehead atoms. The topological polar surface area (TPSA) is 77.8 Å². The van der Waals surface area contributed by atoms with Crippen LogP contribution in [0, 0.1) is 0 Å². The fourth-order valence-corrected chi connectivity index (χ4v) is 0.812. The second kappa shape index (κ2) is 5.14. The van der Waals surface area contributed by atoms with Crippen LogP contribution in [0.15, 0.2) is 24.3 Å². The van der Waals surface area contributed by atoms with E-state index in [1.807, 2.05) is 0 Å². The Balaban J connectivity index is 0.00000169. The maximum Gasteiger partial charge on any atom is 0.328 e. The summed E-state index contributed by atoms with van der Waals surface area (Å²) in [5, 5.41) is 26.3. The Morgan fingerprint density at radius 1 is 1.21 bits per heavy atom. The van der Waals surface area contributed by atoms with E-state index in [2.05, 4.69) is 0 Å². The lowest BCUT2D eigenvalue weighted by Crippen LogP contribution is -1.85. The minimum absolute atomic E-state index is 0. The van der Waals surface area contributed by atoms with E-state index >= 15 is 0 Å². The first-order valence-electron chi connectivity index (χ1n) is 3.52. The van der Waals surface area contributed by atoms with Gasteiger partial charge in [0.1, 0.15) is 0 Å². The average Bonchev–Trinajstić information content (AvgIpc) is 2.07. The smallest absolute Gasteiger partial charge is 0.328 e. The average molecular weight is 217 g/mol. The van der Waals surface area contributed by atoms with Gasteiger partial charge in [0, 0.05) is 6.08 Å². The van der Waals surface area contributed by atoms with Gasteiger partial charge in [0.05, 0.1) is 0 Å². The number of halogens is 1. The van der Waals surface area contributed by atoms with Gasteiger partial charge in [-0.05, 0) is 23.8 Å². The van der Waals surface area contributed by atoms with Crippen LogP contribution in [0.25, 0.3) is 6.08 Å². The molecule has 0 amide bonds. The van der Waals surface area contributed by atoms with E-state index in [0.717, 1.165) is 6.08 Å². The molecule has 5 heteroatoms. The number of hydrogen-bond acceptors (Lipinski definition) is 3. The fourth-order valence-electron chi connectivity index (χ4n) is 0.812. The molecule has 0 spiro atoms. The summed E-state index contributed by atoms with van der Waals surface area (Å²) in [6.07, 6.45) is 2.27. The molecule has 0 aromatic heterocycles. The van der Waals surface area contributed by atoms with E-state index < -0.39 is 5.97 Å².